The van der Waals surface area contributed by atoms with Crippen LogP contribution in [0.4, 0.5) is 19.0 Å². The van der Waals surface area contributed by atoms with E-state index in [1.165, 1.54) is 6.07 Å². The third kappa shape index (κ3) is 3.94. The van der Waals surface area contributed by atoms with E-state index in [1.54, 1.807) is 24.3 Å². The predicted octanol–water partition coefficient (Wildman–Crippen LogP) is 2.98. The van der Waals surface area contributed by atoms with Crippen LogP contribution in [-0.2, 0) is 6.18 Å². The van der Waals surface area contributed by atoms with Crippen LogP contribution in [-0.4, -0.2) is 30.0 Å². The molecule has 1 amide bonds. The van der Waals surface area contributed by atoms with Crippen molar-refractivity contribution in [3.05, 3.63) is 59.3 Å². The van der Waals surface area contributed by atoms with E-state index in [-0.39, 0.29) is 11.9 Å². The summed E-state index contributed by atoms with van der Waals surface area (Å²) in [7, 11) is 0. The molecule has 5 nitrogen and oxygen atoms in total. The quantitative estimate of drug-likeness (QED) is 0.914. The Bertz CT molecular complexity index is 826. The van der Waals surface area contributed by atoms with Gasteiger partial charge in [0.2, 0.25) is 0 Å². The Balaban J connectivity index is 1.59. The minimum atomic E-state index is -4.41. The molecule has 0 bridgehead atoms. The van der Waals surface area contributed by atoms with Crippen LogP contribution >= 0.6 is 0 Å². The first-order chi connectivity index (χ1) is 12.4. The van der Waals surface area contributed by atoms with Gasteiger partial charge in [-0.3, -0.25) is 4.79 Å². The zero-order valence-electron chi connectivity index (χ0n) is 13.6. The molecule has 2 heterocycles. The zero-order valence-corrected chi connectivity index (χ0v) is 13.6. The van der Waals surface area contributed by atoms with Crippen molar-refractivity contribution in [3.8, 4) is 6.07 Å². The summed E-state index contributed by atoms with van der Waals surface area (Å²) in [5.41, 5.74) is 0.142. The number of carbonyl (C=O) groups is 1. The number of hydrogen-bond acceptors (Lipinski definition) is 4. The minimum absolute atomic E-state index is 0.123. The average molecular weight is 360 g/mol. The highest BCUT2D eigenvalue weighted by molar-refractivity contribution is 5.94. The van der Waals surface area contributed by atoms with E-state index in [2.05, 4.69) is 10.3 Å². The number of carbonyl (C=O) groups excluding carboxylic acids is 1. The Labute approximate surface area is 148 Å². The van der Waals surface area contributed by atoms with Crippen LogP contribution in [0.5, 0.6) is 0 Å². The Kier molecular flexibility index (Phi) is 4.80. The van der Waals surface area contributed by atoms with Crippen LogP contribution in [0.3, 0.4) is 0 Å². The number of alkyl halides is 3. The SMILES string of the molecule is N#Cc1ccc(C(=O)NC2CCN(c3ccc(C(F)(F)F)cn3)C2)cc1. The zero-order chi connectivity index (χ0) is 18.7. The first-order valence-electron chi connectivity index (χ1n) is 7.96. The van der Waals surface area contributed by atoms with Crippen molar-refractivity contribution in [2.24, 2.45) is 0 Å². The van der Waals surface area contributed by atoms with Gasteiger partial charge >= 0.3 is 6.18 Å². The first kappa shape index (κ1) is 17.7. The highest BCUT2D eigenvalue weighted by Gasteiger charge is 2.31. The molecule has 1 fully saturated rings. The van der Waals surface area contributed by atoms with Crippen molar-refractivity contribution in [1.82, 2.24) is 10.3 Å². The Morgan fingerprint density at radius 1 is 1.23 bits per heavy atom. The van der Waals surface area contributed by atoms with Gasteiger partial charge < -0.3 is 10.2 Å². The summed E-state index contributed by atoms with van der Waals surface area (Å²) in [6, 6.07) is 10.5. The fourth-order valence-corrected chi connectivity index (χ4v) is 2.79. The summed E-state index contributed by atoms with van der Waals surface area (Å²) in [4.78, 5) is 18.0. The Hall–Kier alpha value is -3.08. The van der Waals surface area contributed by atoms with Gasteiger partial charge in [0.15, 0.2) is 0 Å². The number of rotatable bonds is 3. The molecule has 0 spiro atoms. The van der Waals surface area contributed by atoms with Crippen molar-refractivity contribution >= 4 is 11.7 Å². The van der Waals surface area contributed by atoms with Crippen LogP contribution in [0.15, 0.2) is 42.6 Å². The van der Waals surface area contributed by atoms with Gasteiger partial charge in [-0.2, -0.15) is 18.4 Å². The molecule has 1 aliphatic heterocycles. The van der Waals surface area contributed by atoms with E-state index in [9.17, 15) is 18.0 Å². The third-order valence-corrected chi connectivity index (χ3v) is 4.20. The molecular formula is C18H15F3N4O. The van der Waals surface area contributed by atoms with E-state index in [0.29, 0.717) is 36.5 Å². The van der Waals surface area contributed by atoms with Crippen LogP contribution in [0, 0.1) is 11.3 Å². The van der Waals surface area contributed by atoms with E-state index in [0.717, 1.165) is 12.3 Å². The molecule has 0 saturated carbocycles. The van der Waals surface area contributed by atoms with Crippen LogP contribution < -0.4 is 10.2 Å². The molecule has 1 N–H and O–H groups in total. The van der Waals surface area contributed by atoms with Crippen molar-refractivity contribution in [3.63, 3.8) is 0 Å². The fourth-order valence-electron chi connectivity index (χ4n) is 2.79. The maximum Gasteiger partial charge on any atom is 0.417 e. The third-order valence-electron chi connectivity index (χ3n) is 4.20. The highest BCUT2D eigenvalue weighted by Crippen LogP contribution is 2.29. The molecule has 3 rings (SSSR count). The second kappa shape index (κ2) is 7.04. The lowest BCUT2D eigenvalue weighted by atomic mass is 10.1. The van der Waals surface area contributed by atoms with Crippen molar-refractivity contribution < 1.29 is 18.0 Å². The summed E-state index contributed by atoms with van der Waals surface area (Å²) in [5.74, 6) is 0.204. The highest BCUT2D eigenvalue weighted by atomic mass is 19.4. The van der Waals surface area contributed by atoms with Gasteiger partial charge in [-0.1, -0.05) is 0 Å². The molecular weight excluding hydrogens is 345 g/mol. The van der Waals surface area contributed by atoms with E-state index in [1.807, 2.05) is 11.0 Å². The second-order valence-electron chi connectivity index (χ2n) is 6.00. The smallest absolute Gasteiger partial charge is 0.354 e. The number of hydrogen-bond donors (Lipinski definition) is 1. The van der Waals surface area contributed by atoms with Crippen molar-refractivity contribution in [1.29, 1.82) is 5.26 Å². The fraction of sp³-hybridized carbons (Fsp3) is 0.278. The number of anilines is 1. The number of pyridine rings is 1. The monoisotopic (exact) mass is 360 g/mol. The number of halogens is 3. The number of aromatic nitrogens is 1. The first-order valence-corrected chi connectivity index (χ1v) is 7.96. The van der Waals surface area contributed by atoms with Gasteiger partial charge in [0.05, 0.1) is 17.2 Å². The van der Waals surface area contributed by atoms with Gasteiger partial charge in [-0.25, -0.2) is 4.98 Å². The molecule has 8 heteroatoms. The molecule has 134 valence electrons. The number of benzene rings is 1. The summed E-state index contributed by atoms with van der Waals surface area (Å²) < 4.78 is 37.8. The number of amides is 1. The summed E-state index contributed by atoms with van der Waals surface area (Å²) in [6.45, 7) is 1.07. The van der Waals surface area contributed by atoms with Gasteiger partial charge in [0.25, 0.3) is 5.91 Å². The van der Waals surface area contributed by atoms with Gasteiger partial charge in [0, 0.05) is 30.9 Å². The van der Waals surface area contributed by atoms with E-state index in [4.69, 9.17) is 5.26 Å². The van der Waals surface area contributed by atoms with Crippen molar-refractivity contribution in [2.75, 3.05) is 18.0 Å². The van der Waals surface area contributed by atoms with E-state index < -0.39 is 11.7 Å². The standard InChI is InChI=1S/C18H15F3N4O/c19-18(20,21)14-5-6-16(23-10-14)25-8-7-15(11-25)24-17(26)13-3-1-12(9-22)2-4-13/h1-6,10,15H,7-8,11H2,(H,24,26). The Morgan fingerprint density at radius 2 is 1.96 bits per heavy atom. The molecule has 0 aliphatic carbocycles. The molecule has 26 heavy (non-hydrogen) atoms. The van der Waals surface area contributed by atoms with Crippen LogP contribution in [0.1, 0.15) is 27.9 Å². The maximum absolute atomic E-state index is 12.6. The molecule has 1 unspecified atom stereocenters. The number of nitrogens with one attached hydrogen (secondary N) is 1. The summed E-state index contributed by atoms with van der Waals surface area (Å²) >= 11 is 0. The average Bonchev–Trinajstić information content (AvgIpc) is 3.09. The predicted molar refractivity (Wildman–Crippen MR) is 88.5 cm³/mol. The number of nitriles is 1. The Morgan fingerprint density at radius 3 is 2.54 bits per heavy atom. The molecule has 1 atom stereocenters. The van der Waals surface area contributed by atoms with E-state index >= 15 is 0 Å². The van der Waals surface area contributed by atoms with Gasteiger partial charge in [-0.15, -0.1) is 0 Å². The molecule has 1 aliphatic rings. The maximum atomic E-state index is 12.6. The van der Waals surface area contributed by atoms with Crippen LogP contribution in [0.25, 0.3) is 0 Å². The molecule has 1 saturated heterocycles. The minimum Gasteiger partial charge on any atom is -0.354 e. The lowest BCUT2D eigenvalue weighted by Gasteiger charge is -2.18. The lowest BCUT2D eigenvalue weighted by Crippen LogP contribution is -2.37. The lowest BCUT2D eigenvalue weighted by molar-refractivity contribution is -0.137. The second-order valence-corrected chi connectivity index (χ2v) is 6.00. The normalized spacial score (nSPS) is 17.0. The van der Waals surface area contributed by atoms with Gasteiger partial charge in [-0.05, 0) is 42.8 Å². The summed E-state index contributed by atoms with van der Waals surface area (Å²) in [5, 5.41) is 11.7. The molecule has 1 aromatic heterocycles. The van der Waals surface area contributed by atoms with Crippen LogP contribution in [0.2, 0.25) is 0 Å². The van der Waals surface area contributed by atoms with Crippen molar-refractivity contribution in [2.45, 2.75) is 18.6 Å². The number of nitrogens with zero attached hydrogens (tertiary/aromatic N) is 3. The topological polar surface area (TPSA) is 69.0 Å². The molecule has 1 aromatic carbocycles. The molecule has 0 radical (unpaired) electrons. The van der Waals surface area contributed by atoms with Gasteiger partial charge in [0.1, 0.15) is 5.82 Å². The molecule has 2 aromatic rings. The summed E-state index contributed by atoms with van der Waals surface area (Å²) in [6.07, 6.45) is -2.92. The largest absolute Gasteiger partial charge is 0.417 e.